The van der Waals surface area contributed by atoms with E-state index < -0.39 is 6.10 Å². The topological polar surface area (TPSA) is 38.3 Å². The first kappa shape index (κ1) is 13.1. The van der Waals surface area contributed by atoms with E-state index in [0.29, 0.717) is 22.2 Å². The monoisotopic (exact) mass is 261 g/mol. The Labute approximate surface area is 105 Å². The SMILES string of the molecule is CC[C@@H](Oc1ccc(Cl)c(Cl)c1)C(=O)NC. The maximum atomic E-state index is 11.4. The molecule has 0 aliphatic rings. The molecule has 1 atom stereocenters. The van der Waals surface area contributed by atoms with Crippen molar-refractivity contribution in [3.63, 3.8) is 0 Å². The van der Waals surface area contributed by atoms with Crippen LogP contribution in [-0.4, -0.2) is 19.1 Å². The van der Waals surface area contributed by atoms with Crippen LogP contribution < -0.4 is 10.1 Å². The Hall–Kier alpha value is -0.930. The van der Waals surface area contributed by atoms with Crippen molar-refractivity contribution < 1.29 is 9.53 Å². The number of likely N-dealkylation sites (N-methyl/N-ethyl adjacent to an activating group) is 1. The fourth-order valence-electron chi connectivity index (χ4n) is 1.20. The number of hydrogen-bond acceptors (Lipinski definition) is 2. The molecule has 0 unspecified atom stereocenters. The molecule has 3 nitrogen and oxygen atoms in total. The van der Waals surface area contributed by atoms with Gasteiger partial charge in [-0.25, -0.2) is 0 Å². The molecular weight excluding hydrogens is 249 g/mol. The van der Waals surface area contributed by atoms with Crippen molar-refractivity contribution in [2.24, 2.45) is 0 Å². The van der Waals surface area contributed by atoms with Gasteiger partial charge in [0.1, 0.15) is 5.75 Å². The highest BCUT2D eigenvalue weighted by Gasteiger charge is 2.16. The van der Waals surface area contributed by atoms with Gasteiger partial charge in [0.05, 0.1) is 10.0 Å². The largest absolute Gasteiger partial charge is 0.481 e. The minimum Gasteiger partial charge on any atom is -0.481 e. The maximum absolute atomic E-state index is 11.4. The molecule has 1 N–H and O–H groups in total. The van der Waals surface area contributed by atoms with Crippen molar-refractivity contribution in [1.29, 1.82) is 0 Å². The maximum Gasteiger partial charge on any atom is 0.260 e. The van der Waals surface area contributed by atoms with Crippen molar-refractivity contribution in [3.05, 3.63) is 28.2 Å². The van der Waals surface area contributed by atoms with E-state index in [1.807, 2.05) is 6.92 Å². The summed E-state index contributed by atoms with van der Waals surface area (Å²) in [6.07, 6.45) is 0.0714. The molecule has 0 aliphatic heterocycles. The standard InChI is InChI=1S/C11H13Cl2NO2/c1-3-10(11(15)14-2)16-7-4-5-8(12)9(13)6-7/h4-6,10H,3H2,1-2H3,(H,14,15)/t10-/m1/s1. The summed E-state index contributed by atoms with van der Waals surface area (Å²) < 4.78 is 5.50. The highest BCUT2D eigenvalue weighted by Crippen LogP contribution is 2.27. The molecule has 16 heavy (non-hydrogen) atoms. The summed E-state index contributed by atoms with van der Waals surface area (Å²) in [5.41, 5.74) is 0. The van der Waals surface area contributed by atoms with Crippen molar-refractivity contribution in [3.8, 4) is 5.75 Å². The molecule has 0 aliphatic carbocycles. The second kappa shape index (κ2) is 5.97. The number of hydrogen-bond donors (Lipinski definition) is 1. The van der Waals surface area contributed by atoms with Crippen LogP contribution in [0, 0.1) is 0 Å². The van der Waals surface area contributed by atoms with Gasteiger partial charge in [-0.1, -0.05) is 30.1 Å². The Morgan fingerprint density at radius 1 is 1.44 bits per heavy atom. The number of amides is 1. The lowest BCUT2D eigenvalue weighted by Gasteiger charge is -2.16. The lowest BCUT2D eigenvalue weighted by Crippen LogP contribution is -2.35. The van der Waals surface area contributed by atoms with E-state index in [2.05, 4.69) is 5.32 Å². The molecule has 1 aromatic carbocycles. The molecule has 0 bridgehead atoms. The second-order valence-electron chi connectivity index (χ2n) is 3.20. The Morgan fingerprint density at radius 2 is 2.12 bits per heavy atom. The van der Waals surface area contributed by atoms with Gasteiger partial charge in [-0.2, -0.15) is 0 Å². The van der Waals surface area contributed by atoms with Gasteiger partial charge in [0.15, 0.2) is 6.10 Å². The summed E-state index contributed by atoms with van der Waals surface area (Å²) in [6.45, 7) is 1.87. The average molecular weight is 262 g/mol. The minimum atomic E-state index is -0.512. The lowest BCUT2D eigenvalue weighted by atomic mass is 10.2. The summed E-state index contributed by atoms with van der Waals surface area (Å²) in [5, 5.41) is 3.41. The minimum absolute atomic E-state index is 0.159. The first-order valence-electron chi connectivity index (χ1n) is 4.91. The van der Waals surface area contributed by atoms with Crippen LogP contribution in [0.25, 0.3) is 0 Å². The average Bonchev–Trinajstić information content (AvgIpc) is 2.29. The van der Waals surface area contributed by atoms with Crippen LogP contribution in [0.5, 0.6) is 5.75 Å². The van der Waals surface area contributed by atoms with E-state index in [0.717, 1.165) is 0 Å². The molecule has 1 rings (SSSR count). The molecule has 0 radical (unpaired) electrons. The Balaban J connectivity index is 2.78. The van der Waals surface area contributed by atoms with Crippen molar-refractivity contribution in [2.75, 3.05) is 7.05 Å². The van der Waals surface area contributed by atoms with Crippen molar-refractivity contribution >= 4 is 29.1 Å². The van der Waals surface area contributed by atoms with E-state index in [-0.39, 0.29) is 5.91 Å². The van der Waals surface area contributed by atoms with E-state index in [4.69, 9.17) is 27.9 Å². The fraction of sp³-hybridized carbons (Fsp3) is 0.364. The number of ether oxygens (including phenoxy) is 1. The zero-order valence-electron chi connectivity index (χ0n) is 9.09. The van der Waals surface area contributed by atoms with Crippen LogP contribution in [-0.2, 0) is 4.79 Å². The van der Waals surface area contributed by atoms with E-state index >= 15 is 0 Å². The Kier molecular flexibility index (Phi) is 4.90. The number of halogens is 2. The van der Waals surface area contributed by atoms with Crippen molar-refractivity contribution in [1.82, 2.24) is 5.32 Å². The van der Waals surface area contributed by atoms with Crippen LogP contribution >= 0.6 is 23.2 Å². The third kappa shape index (κ3) is 3.29. The van der Waals surface area contributed by atoms with Crippen LogP contribution in [0.2, 0.25) is 10.0 Å². The van der Waals surface area contributed by atoms with Crippen LogP contribution in [0.1, 0.15) is 13.3 Å². The molecule has 0 fully saturated rings. The summed E-state index contributed by atoms with van der Waals surface area (Å²) >= 11 is 11.6. The molecule has 88 valence electrons. The lowest BCUT2D eigenvalue weighted by molar-refractivity contribution is -0.127. The molecule has 5 heteroatoms. The molecular formula is C11H13Cl2NO2. The Morgan fingerprint density at radius 3 is 2.62 bits per heavy atom. The van der Waals surface area contributed by atoms with Gasteiger partial charge in [-0.15, -0.1) is 0 Å². The summed E-state index contributed by atoms with van der Waals surface area (Å²) in [6, 6.07) is 4.91. The molecule has 0 aromatic heterocycles. The number of rotatable bonds is 4. The number of carbonyl (C=O) groups is 1. The van der Waals surface area contributed by atoms with Gasteiger partial charge in [0.2, 0.25) is 0 Å². The predicted octanol–water partition coefficient (Wildman–Crippen LogP) is 2.90. The zero-order valence-corrected chi connectivity index (χ0v) is 10.6. The first-order valence-corrected chi connectivity index (χ1v) is 5.67. The third-order valence-corrected chi connectivity index (χ3v) is 2.82. The first-order chi connectivity index (χ1) is 7.58. The normalized spacial score (nSPS) is 12.0. The zero-order chi connectivity index (χ0) is 12.1. The molecule has 0 spiro atoms. The summed E-state index contributed by atoms with van der Waals surface area (Å²) in [4.78, 5) is 11.4. The van der Waals surface area contributed by atoms with Gasteiger partial charge in [0.25, 0.3) is 5.91 Å². The predicted molar refractivity (Wildman–Crippen MR) is 65.2 cm³/mol. The fourth-order valence-corrected chi connectivity index (χ4v) is 1.49. The van der Waals surface area contributed by atoms with E-state index in [9.17, 15) is 4.79 Å². The third-order valence-electron chi connectivity index (χ3n) is 2.08. The number of carbonyl (C=O) groups excluding carboxylic acids is 1. The second-order valence-corrected chi connectivity index (χ2v) is 4.02. The van der Waals surface area contributed by atoms with Gasteiger partial charge >= 0.3 is 0 Å². The molecule has 0 saturated carbocycles. The van der Waals surface area contributed by atoms with Crippen LogP contribution in [0.3, 0.4) is 0 Å². The smallest absolute Gasteiger partial charge is 0.260 e. The van der Waals surface area contributed by atoms with E-state index in [1.54, 1.807) is 25.2 Å². The quantitative estimate of drug-likeness (QED) is 0.906. The van der Waals surface area contributed by atoms with Crippen LogP contribution in [0.15, 0.2) is 18.2 Å². The van der Waals surface area contributed by atoms with Crippen LogP contribution in [0.4, 0.5) is 0 Å². The molecule has 1 amide bonds. The van der Waals surface area contributed by atoms with Gasteiger partial charge in [0, 0.05) is 13.1 Å². The highest BCUT2D eigenvalue weighted by molar-refractivity contribution is 6.42. The molecule has 1 aromatic rings. The number of benzene rings is 1. The van der Waals surface area contributed by atoms with Gasteiger partial charge in [-0.3, -0.25) is 4.79 Å². The summed E-state index contributed by atoms with van der Waals surface area (Å²) in [5.74, 6) is 0.374. The summed E-state index contributed by atoms with van der Waals surface area (Å²) in [7, 11) is 1.57. The molecule has 0 saturated heterocycles. The van der Waals surface area contributed by atoms with Gasteiger partial charge < -0.3 is 10.1 Å². The molecule has 0 heterocycles. The van der Waals surface area contributed by atoms with E-state index in [1.165, 1.54) is 0 Å². The number of nitrogens with one attached hydrogen (secondary N) is 1. The Bertz CT molecular complexity index is 382. The van der Waals surface area contributed by atoms with Gasteiger partial charge in [-0.05, 0) is 18.6 Å². The van der Waals surface area contributed by atoms with Crippen molar-refractivity contribution in [2.45, 2.75) is 19.4 Å². The highest BCUT2D eigenvalue weighted by atomic mass is 35.5.